The maximum absolute atomic E-state index is 12.8. The van der Waals surface area contributed by atoms with Crippen LogP contribution in [0.3, 0.4) is 0 Å². The van der Waals surface area contributed by atoms with Crippen molar-refractivity contribution in [3.8, 4) is 0 Å². The largest absolute Gasteiger partial charge is 0.378 e. The number of nitrogens with zero attached hydrogens (tertiary/aromatic N) is 1. The number of halogens is 1. The number of rotatable bonds is 5. The van der Waals surface area contributed by atoms with Gasteiger partial charge in [-0.1, -0.05) is 11.6 Å². The summed E-state index contributed by atoms with van der Waals surface area (Å²) in [6, 6.07) is 4.98. The molecule has 1 aromatic carbocycles. The summed E-state index contributed by atoms with van der Waals surface area (Å²) < 4.78 is 5.54. The molecule has 6 nitrogen and oxygen atoms in total. The molecular weight excluding hydrogens is 366 g/mol. The number of piperidine rings is 1. The van der Waals surface area contributed by atoms with Crippen LogP contribution in [-0.2, 0) is 4.74 Å². The van der Waals surface area contributed by atoms with E-state index >= 15 is 0 Å². The van der Waals surface area contributed by atoms with E-state index in [1.807, 2.05) is 4.90 Å². The van der Waals surface area contributed by atoms with Gasteiger partial charge in [0.25, 0.3) is 5.91 Å². The SMILES string of the molecule is C[C@H]1CCCCN1C(=O)c1ccc(NC(=O)NCC[C@@H]2CCCO2)cc1Cl. The Morgan fingerprint density at radius 2 is 2.11 bits per heavy atom. The first-order chi connectivity index (χ1) is 13.0. The molecule has 1 aromatic rings. The van der Waals surface area contributed by atoms with Gasteiger partial charge in [0, 0.05) is 31.4 Å². The molecule has 0 aromatic heterocycles. The van der Waals surface area contributed by atoms with Gasteiger partial charge < -0.3 is 20.3 Å². The molecule has 3 amide bonds. The van der Waals surface area contributed by atoms with Crippen LogP contribution in [-0.4, -0.2) is 48.7 Å². The predicted octanol–water partition coefficient (Wildman–Crippen LogP) is 4.05. The molecule has 2 aliphatic rings. The summed E-state index contributed by atoms with van der Waals surface area (Å²) in [6.45, 7) is 4.22. The Bertz CT molecular complexity index is 676. The summed E-state index contributed by atoms with van der Waals surface area (Å²) in [4.78, 5) is 26.7. The number of anilines is 1. The Morgan fingerprint density at radius 3 is 2.81 bits per heavy atom. The molecule has 2 N–H and O–H groups in total. The number of ether oxygens (including phenoxy) is 1. The number of carbonyl (C=O) groups is 2. The Balaban J connectivity index is 1.52. The van der Waals surface area contributed by atoms with Gasteiger partial charge >= 0.3 is 6.03 Å². The third-order valence-electron chi connectivity index (χ3n) is 5.30. The Labute approximate surface area is 165 Å². The first-order valence-corrected chi connectivity index (χ1v) is 10.2. The fourth-order valence-electron chi connectivity index (χ4n) is 3.71. The zero-order valence-electron chi connectivity index (χ0n) is 15.8. The van der Waals surface area contributed by atoms with Gasteiger partial charge in [-0.3, -0.25) is 4.79 Å². The van der Waals surface area contributed by atoms with Gasteiger partial charge in [0.05, 0.1) is 16.7 Å². The number of amides is 3. The predicted molar refractivity (Wildman–Crippen MR) is 106 cm³/mol. The van der Waals surface area contributed by atoms with Gasteiger partial charge in [-0.05, 0) is 63.6 Å². The summed E-state index contributed by atoms with van der Waals surface area (Å²) in [5.41, 5.74) is 1.05. The molecule has 3 rings (SSSR count). The smallest absolute Gasteiger partial charge is 0.319 e. The van der Waals surface area contributed by atoms with Crippen LogP contribution < -0.4 is 10.6 Å². The zero-order valence-corrected chi connectivity index (χ0v) is 16.6. The number of benzene rings is 1. The number of hydrogen-bond acceptors (Lipinski definition) is 3. The molecule has 0 bridgehead atoms. The lowest BCUT2D eigenvalue weighted by Crippen LogP contribution is -2.42. The topological polar surface area (TPSA) is 70.7 Å². The van der Waals surface area contributed by atoms with Crippen molar-refractivity contribution >= 4 is 29.2 Å². The molecule has 7 heteroatoms. The van der Waals surface area contributed by atoms with E-state index in [4.69, 9.17) is 16.3 Å². The normalized spacial score (nSPS) is 22.5. The number of likely N-dealkylation sites (tertiary alicyclic amines) is 1. The molecule has 0 aliphatic carbocycles. The van der Waals surface area contributed by atoms with Crippen LogP contribution in [0.15, 0.2) is 18.2 Å². The highest BCUT2D eigenvalue weighted by Gasteiger charge is 2.25. The summed E-state index contributed by atoms with van der Waals surface area (Å²) >= 11 is 6.33. The molecule has 0 radical (unpaired) electrons. The van der Waals surface area contributed by atoms with Gasteiger partial charge in [-0.15, -0.1) is 0 Å². The minimum atomic E-state index is -0.284. The van der Waals surface area contributed by atoms with E-state index in [1.54, 1.807) is 18.2 Å². The lowest BCUT2D eigenvalue weighted by Gasteiger charge is -2.33. The van der Waals surface area contributed by atoms with E-state index in [0.29, 0.717) is 22.8 Å². The van der Waals surface area contributed by atoms with Gasteiger partial charge in [-0.25, -0.2) is 4.79 Å². The average Bonchev–Trinajstić information content (AvgIpc) is 3.15. The Morgan fingerprint density at radius 1 is 1.26 bits per heavy atom. The fraction of sp³-hybridized carbons (Fsp3) is 0.600. The maximum atomic E-state index is 12.8. The van der Waals surface area contributed by atoms with Crippen molar-refractivity contribution in [3.63, 3.8) is 0 Å². The maximum Gasteiger partial charge on any atom is 0.319 e. The molecule has 2 fully saturated rings. The monoisotopic (exact) mass is 393 g/mol. The number of carbonyl (C=O) groups excluding carboxylic acids is 2. The number of nitrogens with one attached hydrogen (secondary N) is 2. The minimum Gasteiger partial charge on any atom is -0.378 e. The summed E-state index contributed by atoms with van der Waals surface area (Å²) in [6.07, 6.45) is 6.43. The third kappa shape index (κ3) is 5.36. The van der Waals surface area contributed by atoms with Crippen LogP contribution in [0.2, 0.25) is 5.02 Å². The van der Waals surface area contributed by atoms with Crippen molar-refractivity contribution < 1.29 is 14.3 Å². The van der Waals surface area contributed by atoms with Crippen molar-refractivity contribution in [2.45, 2.75) is 57.6 Å². The molecule has 27 heavy (non-hydrogen) atoms. The minimum absolute atomic E-state index is 0.0419. The van der Waals surface area contributed by atoms with E-state index in [2.05, 4.69) is 17.6 Å². The average molecular weight is 394 g/mol. The van der Waals surface area contributed by atoms with E-state index < -0.39 is 0 Å². The van der Waals surface area contributed by atoms with Crippen LogP contribution in [0.5, 0.6) is 0 Å². The summed E-state index contributed by atoms with van der Waals surface area (Å²) in [7, 11) is 0. The Kier molecular flexibility index (Phi) is 6.96. The van der Waals surface area contributed by atoms with Crippen molar-refractivity contribution in [2.24, 2.45) is 0 Å². The van der Waals surface area contributed by atoms with Crippen molar-refractivity contribution in [2.75, 3.05) is 25.0 Å². The van der Waals surface area contributed by atoms with Crippen molar-refractivity contribution in [3.05, 3.63) is 28.8 Å². The molecule has 148 valence electrons. The van der Waals surface area contributed by atoms with Gasteiger partial charge in [0.15, 0.2) is 0 Å². The first kappa shape index (κ1) is 20.0. The van der Waals surface area contributed by atoms with Gasteiger partial charge in [0.2, 0.25) is 0 Å². The van der Waals surface area contributed by atoms with Crippen LogP contribution in [0.1, 0.15) is 55.8 Å². The van der Waals surface area contributed by atoms with Crippen molar-refractivity contribution in [1.82, 2.24) is 10.2 Å². The fourth-order valence-corrected chi connectivity index (χ4v) is 3.98. The lowest BCUT2D eigenvalue weighted by atomic mass is 10.0. The summed E-state index contributed by atoms with van der Waals surface area (Å²) in [5.74, 6) is -0.0419. The van der Waals surface area contributed by atoms with E-state index in [0.717, 1.165) is 51.7 Å². The second kappa shape index (κ2) is 9.42. The molecule has 2 atom stereocenters. The first-order valence-electron chi connectivity index (χ1n) is 9.81. The molecule has 0 unspecified atom stereocenters. The van der Waals surface area contributed by atoms with Crippen LogP contribution in [0.4, 0.5) is 10.5 Å². The second-order valence-corrected chi connectivity index (χ2v) is 7.75. The molecule has 2 aliphatic heterocycles. The highest BCUT2D eigenvalue weighted by molar-refractivity contribution is 6.34. The standard InChI is InChI=1S/C20H28ClN3O3/c1-14-5-2-3-11-24(14)19(25)17-8-7-15(13-18(17)21)23-20(26)22-10-9-16-6-4-12-27-16/h7-8,13-14,16H,2-6,9-12H2,1H3,(H2,22,23,26)/t14-,16-/m0/s1. The quantitative estimate of drug-likeness (QED) is 0.792. The van der Waals surface area contributed by atoms with Crippen molar-refractivity contribution in [1.29, 1.82) is 0 Å². The number of urea groups is 1. The molecular formula is C20H28ClN3O3. The molecule has 0 saturated carbocycles. The van der Waals surface area contributed by atoms with Crippen LogP contribution in [0.25, 0.3) is 0 Å². The van der Waals surface area contributed by atoms with E-state index in [9.17, 15) is 9.59 Å². The van der Waals surface area contributed by atoms with E-state index in [-0.39, 0.29) is 24.1 Å². The highest BCUT2D eigenvalue weighted by atomic mass is 35.5. The Hall–Kier alpha value is -1.79. The molecule has 0 spiro atoms. The molecule has 2 saturated heterocycles. The van der Waals surface area contributed by atoms with Crippen LogP contribution >= 0.6 is 11.6 Å². The highest BCUT2D eigenvalue weighted by Crippen LogP contribution is 2.25. The van der Waals surface area contributed by atoms with Crippen LogP contribution in [0, 0.1) is 0 Å². The zero-order chi connectivity index (χ0) is 19.2. The summed E-state index contributed by atoms with van der Waals surface area (Å²) in [5, 5.41) is 5.94. The third-order valence-corrected chi connectivity index (χ3v) is 5.61. The molecule has 2 heterocycles. The second-order valence-electron chi connectivity index (χ2n) is 7.34. The van der Waals surface area contributed by atoms with Gasteiger partial charge in [0.1, 0.15) is 0 Å². The number of hydrogen-bond donors (Lipinski definition) is 2. The van der Waals surface area contributed by atoms with E-state index in [1.165, 1.54) is 0 Å². The van der Waals surface area contributed by atoms with Gasteiger partial charge in [-0.2, -0.15) is 0 Å². The lowest BCUT2D eigenvalue weighted by molar-refractivity contribution is 0.0636.